The normalized spacial score (nSPS) is 34.6. The van der Waals surface area contributed by atoms with Crippen LogP contribution in [-0.4, -0.2) is 37.4 Å². The van der Waals surface area contributed by atoms with E-state index in [1.54, 1.807) is 4.31 Å². The molecule has 0 aromatic rings. The summed E-state index contributed by atoms with van der Waals surface area (Å²) in [6.07, 6.45) is 3.06. The largest absolute Gasteiger partial charge is 0.328 e. The second-order valence-corrected chi connectivity index (χ2v) is 8.44. The Kier molecular flexibility index (Phi) is 3.75. The number of hydrogen-bond donors (Lipinski definition) is 2. The van der Waals surface area contributed by atoms with Gasteiger partial charge in [0.05, 0.1) is 0 Å². The summed E-state index contributed by atoms with van der Waals surface area (Å²) in [4.78, 5) is 0. The molecule has 1 aliphatic carbocycles. The molecule has 106 valence electrons. The summed E-state index contributed by atoms with van der Waals surface area (Å²) in [5.74, 6) is 0.951. The average molecular weight is 275 g/mol. The first-order chi connectivity index (χ1) is 8.17. The summed E-state index contributed by atoms with van der Waals surface area (Å²) in [7, 11) is -3.35. The van der Waals surface area contributed by atoms with E-state index >= 15 is 0 Å². The summed E-state index contributed by atoms with van der Waals surface area (Å²) in [5, 5.41) is 0. The maximum atomic E-state index is 12.3. The summed E-state index contributed by atoms with van der Waals surface area (Å²) in [5.41, 5.74) is 5.54. The first-order valence-electron chi connectivity index (χ1n) is 6.72. The first kappa shape index (κ1) is 14.2. The Morgan fingerprint density at radius 2 is 1.78 bits per heavy atom. The third kappa shape index (κ3) is 3.23. The molecule has 2 aliphatic rings. The first-order valence-corrected chi connectivity index (χ1v) is 8.16. The van der Waals surface area contributed by atoms with Gasteiger partial charge in [0.1, 0.15) is 0 Å². The number of nitrogens with two attached hydrogens (primary N) is 1. The zero-order valence-corrected chi connectivity index (χ0v) is 12.3. The highest BCUT2D eigenvalue weighted by atomic mass is 32.2. The molecule has 2 rings (SSSR count). The summed E-state index contributed by atoms with van der Waals surface area (Å²) >= 11 is 0. The van der Waals surface area contributed by atoms with Crippen molar-refractivity contribution in [3.8, 4) is 0 Å². The predicted molar refractivity (Wildman–Crippen MR) is 72.2 cm³/mol. The standard InChI is InChI=1S/C12H25N3O2S/c1-12(2,3)14-18(16,17)15-7-9-4-5-11(13)6-10(9)8-15/h9-11,14H,4-8,13H2,1-3H3/t9-,10+,11?/m1/s1. The molecule has 1 aliphatic heterocycles. The van der Waals surface area contributed by atoms with Gasteiger partial charge in [0.2, 0.25) is 0 Å². The molecule has 0 radical (unpaired) electrons. The van der Waals surface area contributed by atoms with Crippen molar-refractivity contribution in [2.75, 3.05) is 13.1 Å². The van der Waals surface area contributed by atoms with E-state index in [1.807, 2.05) is 20.8 Å². The minimum Gasteiger partial charge on any atom is -0.328 e. The van der Waals surface area contributed by atoms with Gasteiger partial charge < -0.3 is 5.73 Å². The highest BCUT2D eigenvalue weighted by Crippen LogP contribution is 2.36. The van der Waals surface area contributed by atoms with Crippen molar-refractivity contribution in [2.24, 2.45) is 17.6 Å². The molecule has 6 heteroatoms. The van der Waals surface area contributed by atoms with Gasteiger partial charge in [-0.1, -0.05) is 0 Å². The number of hydrogen-bond acceptors (Lipinski definition) is 3. The fourth-order valence-electron chi connectivity index (χ4n) is 3.07. The minimum absolute atomic E-state index is 0.254. The predicted octanol–water partition coefficient (Wildman–Crippen LogP) is 0.679. The molecule has 3 atom stereocenters. The summed E-state index contributed by atoms with van der Waals surface area (Å²) in [6, 6.07) is 0.254. The van der Waals surface area contributed by atoms with Crippen molar-refractivity contribution in [3.63, 3.8) is 0 Å². The maximum Gasteiger partial charge on any atom is 0.279 e. The molecule has 0 bridgehead atoms. The van der Waals surface area contributed by atoms with Gasteiger partial charge in [-0.05, 0) is 51.9 Å². The Hall–Kier alpha value is -0.170. The van der Waals surface area contributed by atoms with Crippen LogP contribution in [0, 0.1) is 11.8 Å². The van der Waals surface area contributed by atoms with Gasteiger partial charge in [-0.15, -0.1) is 0 Å². The molecule has 1 unspecified atom stereocenters. The highest BCUT2D eigenvalue weighted by molar-refractivity contribution is 7.87. The molecule has 0 spiro atoms. The van der Waals surface area contributed by atoms with Crippen LogP contribution in [0.2, 0.25) is 0 Å². The van der Waals surface area contributed by atoms with Crippen molar-refractivity contribution in [1.29, 1.82) is 0 Å². The van der Waals surface area contributed by atoms with E-state index in [0.29, 0.717) is 24.9 Å². The monoisotopic (exact) mass is 275 g/mol. The summed E-state index contributed by atoms with van der Waals surface area (Å²) in [6.45, 7) is 6.88. The van der Waals surface area contributed by atoms with Gasteiger partial charge in [0, 0.05) is 24.7 Å². The lowest BCUT2D eigenvalue weighted by atomic mass is 9.79. The van der Waals surface area contributed by atoms with E-state index in [-0.39, 0.29) is 6.04 Å². The van der Waals surface area contributed by atoms with Crippen molar-refractivity contribution in [2.45, 2.75) is 51.6 Å². The molecule has 5 nitrogen and oxygen atoms in total. The minimum atomic E-state index is -3.35. The zero-order chi connectivity index (χ0) is 13.6. The molecular formula is C12H25N3O2S. The SMILES string of the molecule is CC(C)(C)NS(=O)(=O)N1C[C@H]2CCC(N)C[C@H]2C1. The van der Waals surface area contributed by atoms with Crippen molar-refractivity contribution in [3.05, 3.63) is 0 Å². The quantitative estimate of drug-likeness (QED) is 0.778. The van der Waals surface area contributed by atoms with Gasteiger partial charge >= 0.3 is 0 Å². The smallest absolute Gasteiger partial charge is 0.279 e. The van der Waals surface area contributed by atoms with Gasteiger partial charge in [0.25, 0.3) is 10.2 Å². The Morgan fingerprint density at radius 3 is 2.39 bits per heavy atom. The molecule has 1 heterocycles. The van der Waals surface area contributed by atoms with E-state index in [2.05, 4.69) is 4.72 Å². The van der Waals surface area contributed by atoms with E-state index in [0.717, 1.165) is 19.3 Å². The Balaban J connectivity index is 2.04. The van der Waals surface area contributed by atoms with Crippen molar-refractivity contribution in [1.82, 2.24) is 9.03 Å². The molecule has 0 aromatic heterocycles. The molecule has 1 saturated heterocycles. The van der Waals surface area contributed by atoms with Crippen molar-refractivity contribution >= 4 is 10.2 Å². The molecule has 0 aromatic carbocycles. The van der Waals surface area contributed by atoms with Crippen LogP contribution in [0.5, 0.6) is 0 Å². The fraction of sp³-hybridized carbons (Fsp3) is 1.00. The molecule has 3 N–H and O–H groups in total. The Labute approximate surface area is 110 Å². The lowest BCUT2D eigenvalue weighted by molar-refractivity contribution is 0.271. The van der Waals surface area contributed by atoms with Crippen LogP contribution in [-0.2, 0) is 10.2 Å². The lowest BCUT2D eigenvalue weighted by Crippen LogP contribution is -2.48. The fourth-order valence-corrected chi connectivity index (χ4v) is 4.75. The number of rotatable bonds is 2. The van der Waals surface area contributed by atoms with Crippen LogP contribution in [0.15, 0.2) is 0 Å². The third-order valence-electron chi connectivity index (χ3n) is 3.83. The number of nitrogens with zero attached hydrogens (tertiary/aromatic N) is 1. The molecule has 18 heavy (non-hydrogen) atoms. The second-order valence-electron chi connectivity index (χ2n) is 6.77. The lowest BCUT2D eigenvalue weighted by Gasteiger charge is -2.28. The van der Waals surface area contributed by atoms with Gasteiger partial charge in [-0.25, -0.2) is 0 Å². The van der Waals surface area contributed by atoms with Crippen LogP contribution in [0.25, 0.3) is 0 Å². The molecule has 0 amide bonds. The summed E-state index contributed by atoms with van der Waals surface area (Å²) < 4.78 is 28.8. The average Bonchev–Trinajstić information content (AvgIpc) is 2.57. The van der Waals surface area contributed by atoms with Crippen molar-refractivity contribution < 1.29 is 8.42 Å². The van der Waals surface area contributed by atoms with Gasteiger partial charge in [-0.2, -0.15) is 17.4 Å². The number of nitrogens with one attached hydrogen (secondary N) is 1. The Bertz CT molecular complexity index is 402. The Morgan fingerprint density at radius 1 is 1.17 bits per heavy atom. The molecule has 1 saturated carbocycles. The molecule has 2 fully saturated rings. The zero-order valence-electron chi connectivity index (χ0n) is 11.5. The van der Waals surface area contributed by atoms with Crippen LogP contribution in [0.3, 0.4) is 0 Å². The van der Waals surface area contributed by atoms with Gasteiger partial charge in [-0.3, -0.25) is 0 Å². The van der Waals surface area contributed by atoms with Crippen LogP contribution < -0.4 is 10.5 Å². The van der Waals surface area contributed by atoms with Gasteiger partial charge in [0.15, 0.2) is 0 Å². The van der Waals surface area contributed by atoms with Crippen LogP contribution in [0.1, 0.15) is 40.0 Å². The number of fused-ring (bicyclic) bond motifs is 1. The second kappa shape index (κ2) is 4.74. The maximum absolute atomic E-state index is 12.3. The van der Waals surface area contributed by atoms with Crippen LogP contribution in [0.4, 0.5) is 0 Å². The van der Waals surface area contributed by atoms with Crippen LogP contribution >= 0.6 is 0 Å². The molecular weight excluding hydrogens is 250 g/mol. The topological polar surface area (TPSA) is 75.4 Å². The van der Waals surface area contributed by atoms with E-state index in [4.69, 9.17) is 5.73 Å². The van der Waals surface area contributed by atoms with E-state index in [9.17, 15) is 8.42 Å². The van der Waals surface area contributed by atoms with E-state index in [1.165, 1.54) is 0 Å². The third-order valence-corrected chi connectivity index (χ3v) is 5.68. The van der Waals surface area contributed by atoms with E-state index < -0.39 is 15.7 Å². The highest BCUT2D eigenvalue weighted by Gasteiger charge is 2.41.